The van der Waals surface area contributed by atoms with Gasteiger partial charge < -0.3 is 11.1 Å². The summed E-state index contributed by atoms with van der Waals surface area (Å²) in [4.78, 5) is 22.2. The molecule has 0 saturated carbocycles. The number of hydrogen-bond donors (Lipinski definition) is 3. The molecule has 1 heterocycles. The van der Waals surface area contributed by atoms with Crippen LogP contribution in [0.5, 0.6) is 0 Å². The molecule has 0 fully saturated rings. The molecule has 0 spiro atoms. The lowest BCUT2D eigenvalue weighted by Crippen LogP contribution is -2.39. The summed E-state index contributed by atoms with van der Waals surface area (Å²) in [5, 5.41) is 13.3. The maximum atomic E-state index is 11.6. The fourth-order valence-corrected chi connectivity index (χ4v) is 3.30. The molecule has 2 aromatic rings. The second kappa shape index (κ2) is 7.04. The zero-order valence-corrected chi connectivity index (χ0v) is 12.7. The van der Waals surface area contributed by atoms with Crippen LogP contribution in [0.3, 0.4) is 0 Å². The molecule has 0 bridgehead atoms. The van der Waals surface area contributed by atoms with Crippen molar-refractivity contribution in [2.24, 2.45) is 5.73 Å². The van der Waals surface area contributed by atoms with E-state index in [1.807, 2.05) is 35.6 Å². The third kappa shape index (κ3) is 4.72. The lowest BCUT2D eigenvalue weighted by Gasteiger charge is -2.06. The summed E-state index contributed by atoms with van der Waals surface area (Å²) in [6.07, 6.45) is 0. The van der Waals surface area contributed by atoms with Crippen LogP contribution in [0, 0.1) is 0 Å². The summed E-state index contributed by atoms with van der Waals surface area (Å²) in [6, 6.07) is 8.71. The van der Waals surface area contributed by atoms with Crippen molar-refractivity contribution in [1.82, 2.24) is 15.5 Å². The van der Waals surface area contributed by atoms with Gasteiger partial charge in [0.1, 0.15) is 0 Å². The van der Waals surface area contributed by atoms with Gasteiger partial charge in [0, 0.05) is 5.69 Å². The number of nitrogens with two attached hydrogens (primary N) is 1. The highest BCUT2D eigenvalue weighted by atomic mass is 32.2. The average Bonchev–Trinajstić information content (AvgIpc) is 2.86. The number of thioether (sulfide) groups is 1. The third-order valence-electron chi connectivity index (χ3n) is 2.32. The summed E-state index contributed by atoms with van der Waals surface area (Å²) in [5.41, 5.74) is 5.81. The molecule has 21 heavy (non-hydrogen) atoms. The lowest BCUT2D eigenvalue weighted by atomic mass is 10.3. The number of nitrogens with zero attached hydrogens (tertiary/aromatic N) is 2. The van der Waals surface area contributed by atoms with E-state index < -0.39 is 17.2 Å². The predicted octanol–water partition coefficient (Wildman–Crippen LogP) is 1.96. The Hall–Kier alpha value is -2.13. The summed E-state index contributed by atoms with van der Waals surface area (Å²) < 4.78 is 0.626. The maximum Gasteiger partial charge on any atom is 0.318 e. The van der Waals surface area contributed by atoms with Crippen LogP contribution in [-0.4, -0.2) is 27.4 Å². The number of anilines is 2. The van der Waals surface area contributed by atoms with Gasteiger partial charge in [0.05, 0.1) is 5.25 Å². The number of benzene rings is 1. The number of carbonyl (C=O) groups is 2. The van der Waals surface area contributed by atoms with Crippen molar-refractivity contribution in [3.05, 3.63) is 30.3 Å². The first kappa shape index (κ1) is 15.3. The normalized spacial score (nSPS) is 11.7. The summed E-state index contributed by atoms with van der Waals surface area (Å²) >= 11 is 2.54. The molecule has 0 radical (unpaired) electrons. The zero-order chi connectivity index (χ0) is 15.2. The molecule has 1 aromatic heterocycles. The average molecular weight is 323 g/mol. The van der Waals surface area contributed by atoms with Gasteiger partial charge in [-0.2, -0.15) is 0 Å². The van der Waals surface area contributed by atoms with Gasteiger partial charge in [0.2, 0.25) is 11.0 Å². The van der Waals surface area contributed by atoms with Crippen LogP contribution in [0.25, 0.3) is 0 Å². The zero-order valence-electron chi connectivity index (χ0n) is 11.1. The van der Waals surface area contributed by atoms with Crippen molar-refractivity contribution in [2.45, 2.75) is 16.5 Å². The Morgan fingerprint density at radius 2 is 2.00 bits per heavy atom. The second-order valence-corrected chi connectivity index (χ2v) is 6.54. The molecular formula is C12H13N5O2S2. The minimum atomic E-state index is -0.865. The van der Waals surface area contributed by atoms with Gasteiger partial charge in [-0.15, -0.1) is 10.2 Å². The Kier molecular flexibility index (Phi) is 5.12. The van der Waals surface area contributed by atoms with Gasteiger partial charge in [-0.05, 0) is 19.1 Å². The SMILES string of the molecule is C[C@@H](Sc1nnc(Nc2ccccc2)s1)C(=O)NC(N)=O. The van der Waals surface area contributed by atoms with E-state index in [0.29, 0.717) is 9.47 Å². The van der Waals surface area contributed by atoms with Crippen molar-refractivity contribution in [3.63, 3.8) is 0 Å². The molecule has 0 aliphatic carbocycles. The van der Waals surface area contributed by atoms with Crippen LogP contribution >= 0.6 is 23.1 Å². The molecule has 0 saturated heterocycles. The summed E-state index contributed by atoms with van der Waals surface area (Å²) in [5.74, 6) is -0.458. The number of primary amides is 1. The summed E-state index contributed by atoms with van der Waals surface area (Å²) in [6.45, 7) is 1.66. The van der Waals surface area contributed by atoms with Crippen molar-refractivity contribution >= 4 is 45.9 Å². The van der Waals surface area contributed by atoms with Crippen LogP contribution in [0.15, 0.2) is 34.7 Å². The van der Waals surface area contributed by atoms with E-state index in [-0.39, 0.29) is 0 Å². The molecule has 1 aromatic carbocycles. The fourth-order valence-electron chi connectivity index (χ4n) is 1.38. The highest BCUT2D eigenvalue weighted by molar-refractivity contribution is 8.02. The van der Waals surface area contributed by atoms with E-state index in [9.17, 15) is 9.59 Å². The Labute approximate surface area is 129 Å². The van der Waals surface area contributed by atoms with Gasteiger partial charge >= 0.3 is 6.03 Å². The number of urea groups is 1. The second-order valence-electron chi connectivity index (χ2n) is 3.98. The Bertz CT molecular complexity index is 632. The molecular weight excluding hydrogens is 310 g/mol. The van der Waals surface area contributed by atoms with Gasteiger partial charge in [-0.25, -0.2) is 4.79 Å². The van der Waals surface area contributed by atoms with E-state index in [1.54, 1.807) is 6.92 Å². The molecule has 0 aliphatic rings. The van der Waals surface area contributed by atoms with Crippen LogP contribution in [0.2, 0.25) is 0 Å². The quantitative estimate of drug-likeness (QED) is 0.726. The first-order chi connectivity index (χ1) is 10.0. The molecule has 3 amide bonds. The number of hydrogen-bond acceptors (Lipinski definition) is 7. The first-order valence-electron chi connectivity index (χ1n) is 5.97. The topological polar surface area (TPSA) is 110 Å². The minimum Gasteiger partial charge on any atom is -0.351 e. The molecule has 110 valence electrons. The third-order valence-corrected chi connectivity index (χ3v) is 4.35. The highest BCUT2D eigenvalue weighted by Gasteiger charge is 2.18. The van der Waals surface area contributed by atoms with Crippen LogP contribution in [-0.2, 0) is 4.79 Å². The van der Waals surface area contributed by atoms with Crippen LogP contribution < -0.4 is 16.4 Å². The van der Waals surface area contributed by atoms with Gasteiger partial charge in [-0.1, -0.05) is 41.3 Å². The highest BCUT2D eigenvalue weighted by Crippen LogP contribution is 2.30. The summed E-state index contributed by atoms with van der Waals surface area (Å²) in [7, 11) is 0. The van der Waals surface area contributed by atoms with Gasteiger partial charge in [0.25, 0.3) is 0 Å². The fraction of sp³-hybridized carbons (Fsp3) is 0.167. The van der Waals surface area contributed by atoms with Crippen molar-refractivity contribution < 1.29 is 9.59 Å². The van der Waals surface area contributed by atoms with E-state index in [1.165, 1.54) is 23.1 Å². The molecule has 9 heteroatoms. The van der Waals surface area contributed by atoms with Crippen molar-refractivity contribution in [1.29, 1.82) is 0 Å². The Balaban J connectivity index is 1.94. The molecule has 1 atom stereocenters. The monoisotopic (exact) mass is 323 g/mol. The predicted molar refractivity (Wildman–Crippen MR) is 82.7 cm³/mol. The smallest absolute Gasteiger partial charge is 0.318 e. The van der Waals surface area contributed by atoms with Crippen molar-refractivity contribution in [3.8, 4) is 0 Å². The van der Waals surface area contributed by atoms with E-state index in [2.05, 4.69) is 15.5 Å². The first-order valence-corrected chi connectivity index (χ1v) is 7.67. The molecule has 0 aliphatic heterocycles. The van der Waals surface area contributed by atoms with Crippen LogP contribution in [0.1, 0.15) is 6.92 Å². The number of carbonyl (C=O) groups excluding carboxylic acids is 2. The minimum absolute atomic E-state index is 0.458. The maximum absolute atomic E-state index is 11.6. The number of rotatable bonds is 5. The van der Waals surface area contributed by atoms with E-state index in [0.717, 1.165) is 5.69 Å². The molecule has 7 nitrogen and oxygen atoms in total. The lowest BCUT2D eigenvalue weighted by molar-refractivity contribution is -0.119. The number of aromatic nitrogens is 2. The number of imide groups is 1. The largest absolute Gasteiger partial charge is 0.351 e. The Morgan fingerprint density at radius 3 is 2.67 bits per heavy atom. The molecule has 0 unspecified atom stereocenters. The van der Waals surface area contributed by atoms with Gasteiger partial charge in [-0.3, -0.25) is 10.1 Å². The number of para-hydroxylation sites is 1. The van der Waals surface area contributed by atoms with Crippen LogP contribution in [0.4, 0.5) is 15.6 Å². The standard InChI is InChI=1S/C12H13N5O2S2/c1-7(9(18)15-10(13)19)20-12-17-16-11(21-12)14-8-5-3-2-4-6-8/h2-7H,1H3,(H,14,16)(H3,13,15,18,19)/t7-/m1/s1. The van der Waals surface area contributed by atoms with E-state index in [4.69, 9.17) is 5.73 Å². The number of amides is 3. The van der Waals surface area contributed by atoms with Crippen molar-refractivity contribution in [2.75, 3.05) is 5.32 Å². The Morgan fingerprint density at radius 1 is 1.29 bits per heavy atom. The molecule has 4 N–H and O–H groups in total. The molecule has 2 rings (SSSR count). The van der Waals surface area contributed by atoms with Gasteiger partial charge in [0.15, 0.2) is 4.34 Å². The number of nitrogens with one attached hydrogen (secondary N) is 2. The van der Waals surface area contributed by atoms with E-state index >= 15 is 0 Å².